The van der Waals surface area contributed by atoms with Gasteiger partial charge in [0.15, 0.2) is 0 Å². The minimum Gasteiger partial charge on any atom is -0.466 e. The molecule has 0 aliphatic heterocycles. The number of rotatable bonds is 5. The Hall–Kier alpha value is -1.36. The van der Waals surface area contributed by atoms with Crippen molar-refractivity contribution in [2.75, 3.05) is 6.61 Å². The molecule has 0 heterocycles. The minimum atomic E-state index is -1.01. The van der Waals surface area contributed by atoms with Gasteiger partial charge in [0.05, 0.1) is 24.0 Å². The summed E-state index contributed by atoms with van der Waals surface area (Å²) < 4.78 is 10.5. The first-order chi connectivity index (χ1) is 10.1. The van der Waals surface area contributed by atoms with Gasteiger partial charge in [0, 0.05) is 0 Å². The maximum Gasteiger partial charge on any atom is 0.310 e. The zero-order valence-electron chi connectivity index (χ0n) is 14.1. The quantitative estimate of drug-likeness (QED) is 0.624. The van der Waals surface area contributed by atoms with E-state index in [1.165, 1.54) is 0 Å². The number of hydrogen-bond donors (Lipinski definition) is 1. The van der Waals surface area contributed by atoms with E-state index in [-0.39, 0.29) is 19.0 Å². The lowest BCUT2D eigenvalue weighted by atomic mass is 9.70. The molecule has 1 aliphatic carbocycles. The molecule has 1 rings (SSSR count). The van der Waals surface area contributed by atoms with Gasteiger partial charge < -0.3 is 14.6 Å². The highest BCUT2D eigenvalue weighted by Gasteiger charge is 2.47. The predicted octanol–water partition coefficient (Wildman–Crippen LogP) is 2.61. The lowest BCUT2D eigenvalue weighted by Gasteiger charge is -2.39. The highest BCUT2D eigenvalue weighted by atomic mass is 16.6. The van der Waals surface area contributed by atoms with Gasteiger partial charge in [-0.05, 0) is 53.4 Å². The topological polar surface area (TPSA) is 72.8 Å². The third-order valence-electron chi connectivity index (χ3n) is 3.83. The summed E-state index contributed by atoms with van der Waals surface area (Å²) in [7, 11) is 0. The Morgan fingerprint density at radius 1 is 1.32 bits per heavy atom. The number of carbonyl (C=O) groups excluding carboxylic acids is 2. The fourth-order valence-corrected chi connectivity index (χ4v) is 2.89. The maximum atomic E-state index is 12.5. The SMILES string of the molecule is C=CCC1(O)CC[C@H](C(=O)OCC)[C@@H](C(=O)OC(C)(C)C)C1. The Morgan fingerprint density at radius 2 is 1.95 bits per heavy atom. The maximum absolute atomic E-state index is 12.5. The monoisotopic (exact) mass is 312 g/mol. The summed E-state index contributed by atoms with van der Waals surface area (Å²) in [4.78, 5) is 24.6. The number of aliphatic hydroxyl groups is 1. The van der Waals surface area contributed by atoms with E-state index in [2.05, 4.69) is 6.58 Å². The molecule has 0 saturated heterocycles. The Morgan fingerprint density at radius 3 is 2.45 bits per heavy atom. The number of carbonyl (C=O) groups is 2. The van der Waals surface area contributed by atoms with Crippen LogP contribution in [-0.2, 0) is 19.1 Å². The smallest absolute Gasteiger partial charge is 0.310 e. The molecule has 126 valence electrons. The van der Waals surface area contributed by atoms with Crippen molar-refractivity contribution in [3.05, 3.63) is 12.7 Å². The molecule has 0 aromatic carbocycles. The predicted molar refractivity (Wildman–Crippen MR) is 83.1 cm³/mol. The van der Waals surface area contributed by atoms with Crippen molar-refractivity contribution in [1.82, 2.24) is 0 Å². The van der Waals surface area contributed by atoms with Crippen LogP contribution in [0, 0.1) is 11.8 Å². The third kappa shape index (κ3) is 5.13. The van der Waals surface area contributed by atoms with E-state index < -0.39 is 29.0 Å². The van der Waals surface area contributed by atoms with Gasteiger partial charge in [-0.3, -0.25) is 9.59 Å². The molecule has 5 heteroatoms. The van der Waals surface area contributed by atoms with Crippen LogP contribution < -0.4 is 0 Å². The van der Waals surface area contributed by atoms with Crippen molar-refractivity contribution in [2.45, 2.75) is 64.6 Å². The number of hydrogen-bond acceptors (Lipinski definition) is 5. The van der Waals surface area contributed by atoms with Crippen molar-refractivity contribution in [2.24, 2.45) is 11.8 Å². The summed E-state index contributed by atoms with van der Waals surface area (Å²) in [5, 5.41) is 10.6. The van der Waals surface area contributed by atoms with E-state index in [0.29, 0.717) is 19.3 Å². The van der Waals surface area contributed by atoms with Crippen molar-refractivity contribution in [1.29, 1.82) is 0 Å². The third-order valence-corrected chi connectivity index (χ3v) is 3.83. The second-order valence-electron chi connectivity index (χ2n) is 6.96. The summed E-state index contributed by atoms with van der Waals surface area (Å²) in [5.41, 5.74) is -1.64. The molecule has 1 saturated carbocycles. The number of esters is 2. The van der Waals surface area contributed by atoms with Crippen LogP contribution in [0.25, 0.3) is 0 Å². The Balaban J connectivity index is 2.95. The molecule has 5 nitrogen and oxygen atoms in total. The van der Waals surface area contributed by atoms with Crippen molar-refractivity contribution < 1.29 is 24.2 Å². The molecule has 1 unspecified atom stereocenters. The van der Waals surface area contributed by atoms with E-state index in [9.17, 15) is 14.7 Å². The van der Waals surface area contributed by atoms with E-state index >= 15 is 0 Å². The van der Waals surface area contributed by atoms with Gasteiger partial charge in [0.2, 0.25) is 0 Å². The second kappa shape index (κ2) is 7.27. The van der Waals surface area contributed by atoms with Gasteiger partial charge in [-0.25, -0.2) is 0 Å². The molecule has 0 aromatic rings. The first-order valence-electron chi connectivity index (χ1n) is 7.84. The fraction of sp³-hybridized carbons (Fsp3) is 0.765. The number of ether oxygens (including phenoxy) is 2. The lowest BCUT2D eigenvalue weighted by Crippen LogP contribution is -2.46. The van der Waals surface area contributed by atoms with Crippen LogP contribution in [-0.4, -0.2) is 34.9 Å². The van der Waals surface area contributed by atoms with Crippen molar-refractivity contribution in [3.8, 4) is 0 Å². The average molecular weight is 312 g/mol. The minimum absolute atomic E-state index is 0.192. The largest absolute Gasteiger partial charge is 0.466 e. The van der Waals surface area contributed by atoms with E-state index in [4.69, 9.17) is 9.47 Å². The fourth-order valence-electron chi connectivity index (χ4n) is 2.89. The van der Waals surface area contributed by atoms with Crippen molar-refractivity contribution >= 4 is 11.9 Å². The van der Waals surface area contributed by atoms with Gasteiger partial charge in [0.1, 0.15) is 5.60 Å². The highest BCUT2D eigenvalue weighted by Crippen LogP contribution is 2.40. The average Bonchev–Trinajstić information content (AvgIpc) is 2.36. The summed E-state index contributed by atoms with van der Waals surface area (Å²) in [6.07, 6.45) is 3.07. The van der Waals surface area contributed by atoms with Gasteiger partial charge >= 0.3 is 11.9 Å². The van der Waals surface area contributed by atoms with Crippen molar-refractivity contribution in [3.63, 3.8) is 0 Å². The molecule has 1 aliphatic rings. The van der Waals surface area contributed by atoms with E-state index in [0.717, 1.165) is 0 Å². The molecule has 0 aromatic heterocycles. The summed E-state index contributed by atoms with van der Waals surface area (Å²) in [5.74, 6) is -2.08. The van der Waals surface area contributed by atoms with Crippen LogP contribution in [0.2, 0.25) is 0 Å². The molecule has 0 radical (unpaired) electrons. The lowest BCUT2D eigenvalue weighted by molar-refractivity contribution is -0.175. The Kier molecular flexibility index (Phi) is 6.17. The molecule has 22 heavy (non-hydrogen) atoms. The Labute approximate surface area is 132 Å². The Bertz CT molecular complexity index is 423. The first kappa shape index (κ1) is 18.7. The molecule has 0 amide bonds. The zero-order chi connectivity index (χ0) is 17.0. The van der Waals surface area contributed by atoms with E-state index in [1.54, 1.807) is 33.8 Å². The van der Waals surface area contributed by atoms with Crippen LogP contribution >= 0.6 is 0 Å². The molecule has 0 spiro atoms. The summed E-state index contributed by atoms with van der Waals surface area (Å²) in [6.45, 7) is 11.0. The van der Waals surface area contributed by atoms with Crippen LogP contribution in [0.1, 0.15) is 53.4 Å². The molecular formula is C17H28O5. The molecule has 1 fully saturated rings. The first-order valence-corrected chi connectivity index (χ1v) is 7.84. The van der Waals surface area contributed by atoms with Gasteiger partial charge in [-0.15, -0.1) is 6.58 Å². The zero-order valence-corrected chi connectivity index (χ0v) is 14.1. The standard InChI is InChI=1S/C17H28O5/c1-6-9-17(20)10-8-12(14(18)21-7-2)13(11-17)15(19)22-16(3,4)5/h6,12-13,20H,1,7-11H2,2-5H3/t12-,13-,17?/m0/s1. The second-order valence-corrected chi connectivity index (χ2v) is 6.96. The molecule has 3 atom stereocenters. The van der Waals surface area contributed by atoms with Crippen LogP contribution in [0.15, 0.2) is 12.7 Å². The van der Waals surface area contributed by atoms with Crippen LogP contribution in [0.5, 0.6) is 0 Å². The van der Waals surface area contributed by atoms with E-state index in [1.807, 2.05) is 0 Å². The van der Waals surface area contributed by atoms with Gasteiger partial charge in [-0.2, -0.15) is 0 Å². The molecular weight excluding hydrogens is 284 g/mol. The highest BCUT2D eigenvalue weighted by molar-refractivity contribution is 5.82. The van der Waals surface area contributed by atoms with Crippen LogP contribution in [0.3, 0.4) is 0 Å². The summed E-state index contributed by atoms with van der Waals surface area (Å²) >= 11 is 0. The summed E-state index contributed by atoms with van der Waals surface area (Å²) in [6, 6.07) is 0. The van der Waals surface area contributed by atoms with Gasteiger partial charge in [-0.1, -0.05) is 6.08 Å². The normalized spacial score (nSPS) is 28.8. The molecule has 1 N–H and O–H groups in total. The van der Waals surface area contributed by atoms with Crippen LogP contribution in [0.4, 0.5) is 0 Å². The van der Waals surface area contributed by atoms with Gasteiger partial charge in [0.25, 0.3) is 0 Å². The molecule has 0 bridgehead atoms.